The summed E-state index contributed by atoms with van der Waals surface area (Å²) in [6, 6.07) is 7.05. The number of amides is 1. The lowest BCUT2D eigenvalue weighted by Crippen LogP contribution is -2.50. The largest absolute Gasteiger partial charge is 0.344 e. The number of piperazine rings is 1. The lowest BCUT2D eigenvalue weighted by atomic mass is 10.2. The van der Waals surface area contributed by atoms with Crippen LogP contribution >= 0.6 is 11.6 Å². The molecular weight excluding hydrogens is 350 g/mol. The summed E-state index contributed by atoms with van der Waals surface area (Å²) in [5.74, 6) is -1.57. The molecule has 2 aromatic rings. The number of pyridine rings is 1. The van der Waals surface area contributed by atoms with Crippen molar-refractivity contribution >= 4 is 23.3 Å². The maximum Gasteiger partial charge on any atom is 0.242 e. The first-order valence-electron chi connectivity index (χ1n) is 7.50. The van der Waals surface area contributed by atoms with E-state index >= 15 is 0 Å². The molecule has 0 aliphatic carbocycles. The maximum atomic E-state index is 13.3. The Labute approximate surface area is 148 Å². The van der Waals surface area contributed by atoms with Gasteiger partial charge in [0.1, 0.15) is 11.9 Å². The zero-order valence-electron chi connectivity index (χ0n) is 13.0. The van der Waals surface area contributed by atoms with Crippen LogP contribution in [0.5, 0.6) is 0 Å². The zero-order valence-corrected chi connectivity index (χ0v) is 13.8. The molecule has 1 aliphatic heterocycles. The van der Waals surface area contributed by atoms with Gasteiger partial charge in [-0.15, -0.1) is 0 Å². The number of nitrogens with zero attached hydrogens (tertiary/aromatic N) is 4. The van der Waals surface area contributed by atoms with Gasteiger partial charge in [-0.3, -0.25) is 4.79 Å². The van der Waals surface area contributed by atoms with Gasteiger partial charge in [-0.1, -0.05) is 17.7 Å². The lowest BCUT2D eigenvalue weighted by Gasteiger charge is -2.35. The Hall–Kier alpha value is -2.72. The lowest BCUT2D eigenvalue weighted by molar-refractivity contribution is -0.131. The van der Waals surface area contributed by atoms with Crippen molar-refractivity contribution in [3.63, 3.8) is 0 Å². The molecule has 1 aromatic heterocycles. The van der Waals surface area contributed by atoms with Crippen LogP contribution in [0.15, 0.2) is 30.5 Å². The molecular formula is C17H13ClF2N4O. The van der Waals surface area contributed by atoms with E-state index in [9.17, 15) is 13.6 Å². The van der Waals surface area contributed by atoms with Crippen molar-refractivity contribution in [2.45, 2.75) is 6.54 Å². The standard InChI is InChI=1S/C17H13ClF2N4O/c18-13-5-12(7-21)8-22-17(13)24-4-3-23(16(25)10-24)9-11-1-2-14(19)15(20)6-11/h1-2,5-6,8H,3-4,9-10H2. The van der Waals surface area contributed by atoms with Crippen LogP contribution in [0.3, 0.4) is 0 Å². The second kappa shape index (κ2) is 7.03. The molecule has 0 bridgehead atoms. The second-order valence-corrected chi connectivity index (χ2v) is 6.03. The number of nitriles is 1. The number of benzene rings is 1. The molecule has 1 aliphatic rings. The Morgan fingerprint density at radius 1 is 1.24 bits per heavy atom. The van der Waals surface area contributed by atoms with Crippen LogP contribution < -0.4 is 4.90 Å². The molecule has 0 N–H and O–H groups in total. The van der Waals surface area contributed by atoms with Gasteiger partial charge in [-0.25, -0.2) is 13.8 Å². The van der Waals surface area contributed by atoms with Crippen LogP contribution in [0.4, 0.5) is 14.6 Å². The average Bonchev–Trinajstić information content (AvgIpc) is 2.60. The first-order valence-corrected chi connectivity index (χ1v) is 7.88. The van der Waals surface area contributed by atoms with Gasteiger partial charge >= 0.3 is 0 Å². The molecule has 1 amide bonds. The fourth-order valence-corrected chi connectivity index (χ4v) is 2.93. The monoisotopic (exact) mass is 362 g/mol. The minimum Gasteiger partial charge on any atom is -0.344 e. The summed E-state index contributed by atoms with van der Waals surface area (Å²) in [5, 5.41) is 9.15. The third-order valence-corrected chi connectivity index (χ3v) is 4.20. The van der Waals surface area contributed by atoms with Gasteiger partial charge < -0.3 is 9.80 Å². The Balaban J connectivity index is 1.69. The highest BCUT2D eigenvalue weighted by atomic mass is 35.5. The molecule has 1 aromatic carbocycles. The number of aromatic nitrogens is 1. The first-order chi connectivity index (χ1) is 12.0. The van der Waals surface area contributed by atoms with E-state index in [-0.39, 0.29) is 19.0 Å². The van der Waals surface area contributed by atoms with Crippen LogP contribution in [0.25, 0.3) is 0 Å². The number of rotatable bonds is 3. The van der Waals surface area contributed by atoms with E-state index in [1.54, 1.807) is 9.80 Å². The van der Waals surface area contributed by atoms with Gasteiger partial charge in [0.2, 0.25) is 5.91 Å². The molecule has 5 nitrogen and oxygen atoms in total. The quantitative estimate of drug-likeness (QED) is 0.842. The van der Waals surface area contributed by atoms with Gasteiger partial charge in [-0.05, 0) is 23.8 Å². The van der Waals surface area contributed by atoms with Crippen LogP contribution in [-0.4, -0.2) is 35.4 Å². The van der Waals surface area contributed by atoms with Crippen molar-refractivity contribution < 1.29 is 13.6 Å². The van der Waals surface area contributed by atoms with Gasteiger partial charge in [-0.2, -0.15) is 5.26 Å². The Morgan fingerprint density at radius 2 is 2.04 bits per heavy atom. The normalized spacial score (nSPS) is 14.6. The average molecular weight is 363 g/mol. The van der Waals surface area contributed by atoms with Crippen LogP contribution in [0.2, 0.25) is 5.02 Å². The summed E-state index contributed by atoms with van der Waals surface area (Å²) in [6.07, 6.45) is 1.40. The SMILES string of the molecule is N#Cc1cnc(N2CCN(Cc3ccc(F)c(F)c3)C(=O)C2)c(Cl)c1. The first kappa shape index (κ1) is 17.1. The molecule has 25 heavy (non-hydrogen) atoms. The molecule has 128 valence electrons. The van der Waals surface area contributed by atoms with E-state index in [4.69, 9.17) is 16.9 Å². The minimum atomic E-state index is -0.933. The highest BCUT2D eigenvalue weighted by Gasteiger charge is 2.26. The summed E-state index contributed by atoms with van der Waals surface area (Å²) in [4.78, 5) is 19.8. The van der Waals surface area contributed by atoms with E-state index < -0.39 is 11.6 Å². The van der Waals surface area contributed by atoms with Crippen LogP contribution in [-0.2, 0) is 11.3 Å². The summed E-state index contributed by atoms with van der Waals surface area (Å²) >= 11 is 6.13. The molecule has 0 spiro atoms. The number of carbonyl (C=O) groups is 1. The van der Waals surface area contributed by atoms with Gasteiger partial charge in [0.25, 0.3) is 0 Å². The molecule has 1 fully saturated rings. The fraction of sp³-hybridized carbons (Fsp3) is 0.235. The maximum absolute atomic E-state index is 13.3. The number of hydrogen-bond acceptors (Lipinski definition) is 4. The van der Waals surface area contributed by atoms with E-state index in [1.807, 2.05) is 6.07 Å². The molecule has 8 heteroatoms. The molecule has 0 radical (unpaired) electrons. The highest BCUT2D eigenvalue weighted by molar-refractivity contribution is 6.33. The van der Waals surface area contributed by atoms with E-state index in [0.29, 0.717) is 35.1 Å². The summed E-state index contributed by atoms with van der Waals surface area (Å²) in [6.45, 7) is 1.17. The zero-order chi connectivity index (χ0) is 18.0. The van der Waals surface area contributed by atoms with Crippen molar-refractivity contribution in [3.05, 3.63) is 58.2 Å². The molecule has 3 rings (SSSR count). The van der Waals surface area contributed by atoms with Gasteiger partial charge in [0, 0.05) is 25.8 Å². The molecule has 2 heterocycles. The van der Waals surface area contributed by atoms with Crippen molar-refractivity contribution in [2.24, 2.45) is 0 Å². The molecule has 0 unspecified atom stereocenters. The smallest absolute Gasteiger partial charge is 0.242 e. The molecule has 0 saturated carbocycles. The van der Waals surface area contributed by atoms with Crippen LogP contribution in [0.1, 0.15) is 11.1 Å². The van der Waals surface area contributed by atoms with Crippen molar-refractivity contribution in [1.29, 1.82) is 5.26 Å². The van der Waals surface area contributed by atoms with Crippen molar-refractivity contribution in [2.75, 3.05) is 24.5 Å². The number of hydrogen-bond donors (Lipinski definition) is 0. The number of anilines is 1. The van der Waals surface area contributed by atoms with Gasteiger partial charge in [0.15, 0.2) is 11.6 Å². The Kier molecular flexibility index (Phi) is 4.81. The van der Waals surface area contributed by atoms with Gasteiger partial charge in [0.05, 0.1) is 17.1 Å². The summed E-state index contributed by atoms with van der Waals surface area (Å²) in [5.41, 5.74) is 0.868. The molecule has 1 saturated heterocycles. The van der Waals surface area contributed by atoms with Crippen molar-refractivity contribution in [3.8, 4) is 6.07 Å². The van der Waals surface area contributed by atoms with E-state index in [0.717, 1.165) is 12.1 Å². The number of carbonyl (C=O) groups excluding carboxylic acids is 1. The van der Waals surface area contributed by atoms with Crippen LogP contribution in [0, 0.1) is 23.0 Å². The summed E-state index contributed by atoms with van der Waals surface area (Å²) < 4.78 is 26.3. The topological polar surface area (TPSA) is 60.2 Å². The van der Waals surface area contributed by atoms with E-state index in [1.165, 1.54) is 18.3 Å². The fourth-order valence-electron chi connectivity index (χ4n) is 2.64. The van der Waals surface area contributed by atoms with E-state index in [2.05, 4.69) is 4.98 Å². The predicted octanol–water partition coefficient (Wildman–Crippen LogP) is 2.73. The number of halogens is 3. The predicted molar refractivity (Wildman–Crippen MR) is 88.0 cm³/mol. The third-order valence-electron chi connectivity index (χ3n) is 3.93. The third kappa shape index (κ3) is 3.69. The van der Waals surface area contributed by atoms with Crippen molar-refractivity contribution in [1.82, 2.24) is 9.88 Å². The molecule has 0 atom stereocenters. The second-order valence-electron chi connectivity index (χ2n) is 5.63. The summed E-state index contributed by atoms with van der Waals surface area (Å²) in [7, 11) is 0. The highest BCUT2D eigenvalue weighted by Crippen LogP contribution is 2.25. The Bertz CT molecular complexity index is 868. The Morgan fingerprint density at radius 3 is 2.68 bits per heavy atom. The minimum absolute atomic E-state index is 0.0717.